The number of aromatic nitrogens is 1. The predicted molar refractivity (Wildman–Crippen MR) is 154 cm³/mol. The fourth-order valence-electron chi connectivity index (χ4n) is 5.16. The van der Waals surface area contributed by atoms with E-state index in [9.17, 15) is 9.90 Å². The lowest BCUT2D eigenvalue weighted by Gasteiger charge is -2.39. The minimum Gasteiger partial charge on any atom is -0.385 e. The van der Waals surface area contributed by atoms with Crippen LogP contribution in [0.3, 0.4) is 0 Å². The molecule has 0 radical (unpaired) electrons. The first-order valence-electron chi connectivity index (χ1n) is 13.3. The molecule has 1 aromatic heterocycles. The number of hydrogen-bond acceptors (Lipinski definition) is 5. The molecule has 39 heavy (non-hydrogen) atoms. The average Bonchev–Trinajstić information content (AvgIpc) is 2.95. The molecule has 0 bridgehead atoms. The highest BCUT2D eigenvalue weighted by molar-refractivity contribution is 6.30. The first-order valence-corrected chi connectivity index (χ1v) is 13.7. The van der Waals surface area contributed by atoms with Gasteiger partial charge in [-0.25, -0.2) is 0 Å². The summed E-state index contributed by atoms with van der Waals surface area (Å²) in [5.74, 6) is -0.123. The number of nitrogens with one attached hydrogen (secondary N) is 5. The number of carbonyl (C=O) groups excluding carboxylic acids is 1. The fraction of sp³-hybridized carbons (Fsp3) is 0.345. The third-order valence-corrected chi connectivity index (χ3v) is 7.64. The number of pyridine rings is 1. The minimum absolute atomic E-state index is 0.0288. The smallest absolute Gasteiger partial charge is 0.251 e. The first kappa shape index (κ1) is 26.9. The van der Waals surface area contributed by atoms with Gasteiger partial charge in [0.15, 0.2) is 5.49 Å². The van der Waals surface area contributed by atoms with Gasteiger partial charge in [-0.3, -0.25) is 10.2 Å². The Morgan fingerprint density at radius 3 is 2.54 bits per heavy atom. The van der Waals surface area contributed by atoms with E-state index in [1.165, 1.54) is 0 Å². The third-order valence-electron chi connectivity index (χ3n) is 7.39. The molecular formula is C29H34ClN7O2. The van der Waals surface area contributed by atoms with Gasteiger partial charge in [0, 0.05) is 48.1 Å². The number of amides is 1. The monoisotopic (exact) mass is 547 g/mol. The summed E-state index contributed by atoms with van der Waals surface area (Å²) in [5, 5.41) is 29.7. The molecule has 2 aliphatic rings. The van der Waals surface area contributed by atoms with Crippen LogP contribution in [0.1, 0.15) is 41.6 Å². The summed E-state index contributed by atoms with van der Waals surface area (Å²) in [6, 6.07) is 18.4. The molecule has 0 unspecified atom stereocenters. The van der Waals surface area contributed by atoms with Crippen LogP contribution in [-0.2, 0) is 5.60 Å². The van der Waals surface area contributed by atoms with Crippen LogP contribution in [0.5, 0.6) is 0 Å². The molecule has 6 N–H and O–H groups in total. The number of benzene rings is 2. The summed E-state index contributed by atoms with van der Waals surface area (Å²) in [4.78, 5) is 22.4. The molecule has 0 saturated carbocycles. The zero-order chi connectivity index (χ0) is 27.2. The van der Waals surface area contributed by atoms with E-state index >= 15 is 0 Å². The maximum absolute atomic E-state index is 12.6. The van der Waals surface area contributed by atoms with Crippen LogP contribution in [0.25, 0.3) is 0 Å². The molecule has 0 aliphatic carbocycles. The molecule has 1 atom stereocenters. The maximum atomic E-state index is 12.6. The van der Waals surface area contributed by atoms with Gasteiger partial charge in [0.25, 0.3) is 5.91 Å². The highest BCUT2D eigenvalue weighted by atomic mass is 35.5. The number of rotatable bonds is 5. The van der Waals surface area contributed by atoms with Gasteiger partial charge < -0.3 is 30.9 Å². The Bertz CT molecular complexity index is 1360. The van der Waals surface area contributed by atoms with Crippen molar-refractivity contribution in [2.45, 2.75) is 37.3 Å². The lowest BCUT2D eigenvalue weighted by molar-refractivity contribution is 0.0117. The van der Waals surface area contributed by atoms with E-state index in [2.05, 4.69) is 30.8 Å². The zero-order valence-electron chi connectivity index (χ0n) is 21.7. The largest absolute Gasteiger partial charge is 0.385 e. The van der Waals surface area contributed by atoms with E-state index in [-0.39, 0.29) is 17.9 Å². The van der Waals surface area contributed by atoms with E-state index in [4.69, 9.17) is 17.0 Å². The summed E-state index contributed by atoms with van der Waals surface area (Å²) in [7, 11) is 0. The molecule has 2 aliphatic heterocycles. The normalized spacial score (nSPS) is 19.4. The van der Waals surface area contributed by atoms with Gasteiger partial charge in [0.1, 0.15) is 0 Å². The fourth-order valence-corrected chi connectivity index (χ4v) is 5.28. The van der Waals surface area contributed by atoms with Crippen LogP contribution in [-0.4, -0.2) is 54.2 Å². The van der Waals surface area contributed by atoms with Crippen LogP contribution >= 0.6 is 11.6 Å². The number of nitrogens with zero attached hydrogens (tertiary/aromatic N) is 2. The van der Waals surface area contributed by atoms with Crippen molar-refractivity contribution in [1.29, 1.82) is 5.41 Å². The quantitative estimate of drug-likeness (QED) is 0.215. The van der Waals surface area contributed by atoms with Crippen LogP contribution in [0.2, 0.25) is 5.02 Å². The van der Waals surface area contributed by atoms with Crippen LogP contribution in [0, 0.1) is 5.41 Å². The Labute approximate surface area is 232 Å². The van der Waals surface area contributed by atoms with E-state index in [0.29, 0.717) is 47.7 Å². The van der Waals surface area contributed by atoms with Gasteiger partial charge in [0.05, 0.1) is 11.3 Å². The van der Waals surface area contributed by atoms with Crippen molar-refractivity contribution in [2.75, 3.05) is 36.4 Å². The highest BCUT2D eigenvalue weighted by Crippen LogP contribution is 2.34. The number of halogens is 1. The molecule has 3 heterocycles. The van der Waals surface area contributed by atoms with Crippen molar-refractivity contribution in [1.82, 2.24) is 15.6 Å². The Morgan fingerprint density at radius 1 is 1.10 bits per heavy atom. The lowest BCUT2D eigenvalue weighted by atomic mass is 9.84. The van der Waals surface area contributed by atoms with E-state index in [1.54, 1.807) is 42.6 Å². The molecule has 3 aromatic rings. The SMILES string of the molecule is N=C(/N=c1\[nH]cccc1N1CCC(O)(c2ccc(Cl)cc2)CC1)Nc1ccc(C(=O)N[C@H]2CCCNC2)cc1. The second-order valence-electron chi connectivity index (χ2n) is 10.1. The van der Waals surface area contributed by atoms with Crippen LogP contribution < -0.4 is 26.3 Å². The van der Waals surface area contributed by atoms with E-state index in [1.807, 2.05) is 24.3 Å². The number of H-pyrrole nitrogens is 1. The summed E-state index contributed by atoms with van der Waals surface area (Å²) >= 11 is 6.02. The molecule has 1 amide bonds. The number of anilines is 2. The van der Waals surface area contributed by atoms with Crippen molar-refractivity contribution in [3.05, 3.63) is 88.5 Å². The number of piperidine rings is 2. The molecule has 204 valence electrons. The minimum atomic E-state index is -0.901. The Morgan fingerprint density at radius 2 is 1.85 bits per heavy atom. The van der Waals surface area contributed by atoms with E-state index in [0.717, 1.165) is 37.2 Å². The molecule has 2 fully saturated rings. The van der Waals surface area contributed by atoms with Crippen molar-refractivity contribution in [3.8, 4) is 0 Å². The van der Waals surface area contributed by atoms with Crippen LogP contribution in [0.15, 0.2) is 71.9 Å². The predicted octanol–water partition coefficient (Wildman–Crippen LogP) is 3.59. The van der Waals surface area contributed by atoms with E-state index < -0.39 is 5.60 Å². The van der Waals surface area contributed by atoms with Gasteiger partial charge in [-0.15, -0.1) is 0 Å². The lowest BCUT2D eigenvalue weighted by Crippen LogP contribution is -2.45. The molecule has 2 aromatic carbocycles. The number of aromatic amines is 1. The molecular weight excluding hydrogens is 514 g/mol. The summed E-state index contributed by atoms with van der Waals surface area (Å²) in [6.45, 7) is 3.07. The topological polar surface area (TPSA) is 129 Å². The van der Waals surface area contributed by atoms with Crippen molar-refractivity contribution in [3.63, 3.8) is 0 Å². The molecule has 2 saturated heterocycles. The second kappa shape index (κ2) is 12.0. The average molecular weight is 548 g/mol. The first-order chi connectivity index (χ1) is 18.9. The zero-order valence-corrected chi connectivity index (χ0v) is 22.5. The van der Waals surface area contributed by atoms with Crippen molar-refractivity contribution < 1.29 is 9.90 Å². The Hall–Kier alpha value is -3.66. The molecule has 0 spiro atoms. The van der Waals surface area contributed by atoms with Gasteiger partial charge in [0.2, 0.25) is 5.96 Å². The number of carbonyl (C=O) groups is 1. The van der Waals surface area contributed by atoms with Gasteiger partial charge in [-0.05, 0) is 86.3 Å². The summed E-state index contributed by atoms with van der Waals surface area (Å²) < 4.78 is 0. The molecule has 9 nitrogen and oxygen atoms in total. The maximum Gasteiger partial charge on any atom is 0.251 e. The Kier molecular flexibility index (Phi) is 8.30. The highest BCUT2D eigenvalue weighted by Gasteiger charge is 2.34. The standard InChI is InChI=1S/C29H34ClN7O2/c30-22-9-7-21(8-10-22)29(39)13-17-37(18-14-29)25-4-2-16-33-26(25)36-28(31)35-23-11-5-20(6-12-23)27(38)34-24-3-1-15-32-19-24/h2,4-12,16,24,32,39H,1,3,13-15,17-19H2,(H,34,38)(H3,31,33,35,36)/t24-/m0/s1. The van der Waals surface area contributed by atoms with Crippen LogP contribution in [0.4, 0.5) is 11.4 Å². The van der Waals surface area contributed by atoms with Gasteiger partial charge in [-0.1, -0.05) is 23.7 Å². The molecule has 10 heteroatoms. The molecule has 5 rings (SSSR count). The van der Waals surface area contributed by atoms with Crippen molar-refractivity contribution in [2.24, 2.45) is 4.99 Å². The van der Waals surface area contributed by atoms with Gasteiger partial charge in [-0.2, -0.15) is 4.99 Å². The Balaban J connectivity index is 1.22. The number of guanidine groups is 1. The summed E-state index contributed by atoms with van der Waals surface area (Å²) in [5.41, 5.74) is 2.65. The number of hydrogen-bond donors (Lipinski definition) is 6. The van der Waals surface area contributed by atoms with Gasteiger partial charge >= 0.3 is 0 Å². The summed E-state index contributed by atoms with van der Waals surface area (Å²) in [6.07, 6.45) is 4.95. The third kappa shape index (κ3) is 6.68. The van der Waals surface area contributed by atoms with Crippen molar-refractivity contribution >= 4 is 34.8 Å². The second-order valence-corrected chi connectivity index (χ2v) is 10.5. The number of aliphatic hydroxyl groups is 1.